The molecule has 128 valence electrons. The first kappa shape index (κ1) is 18.3. The van der Waals surface area contributed by atoms with Crippen LogP contribution in [0.15, 0.2) is 42.5 Å². The summed E-state index contributed by atoms with van der Waals surface area (Å²) in [6.07, 6.45) is 3.92. The van der Waals surface area contributed by atoms with E-state index in [1.54, 1.807) is 0 Å². The van der Waals surface area contributed by atoms with Crippen LogP contribution in [0.3, 0.4) is 0 Å². The quantitative estimate of drug-likeness (QED) is 0.641. The lowest BCUT2D eigenvalue weighted by molar-refractivity contribution is -0.139. The molecular formula is C22H28O2. The Hall–Kier alpha value is -2.09. The summed E-state index contributed by atoms with van der Waals surface area (Å²) in [5, 5.41) is 0. The van der Waals surface area contributed by atoms with Gasteiger partial charge in [-0.25, -0.2) is 0 Å². The molecule has 0 saturated heterocycles. The van der Waals surface area contributed by atoms with E-state index >= 15 is 0 Å². The summed E-state index contributed by atoms with van der Waals surface area (Å²) in [4.78, 5) is 11.5. The number of hydrogen-bond acceptors (Lipinski definition) is 2. The highest BCUT2D eigenvalue weighted by atomic mass is 16.5. The maximum Gasteiger partial charge on any atom is 0.309 e. The van der Waals surface area contributed by atoms with Gasteiger partial charge in [0.25, 0.3) is 0 Å². The summed E-state index contributed by atoms with van der Waals surface area (Å²) in [5.74, 6) is 0.552. The van der Waals surface area contributed by atoms with E-state index in [0.29, 0.717) is 6.42 Å². The molecule has 0 heterocycles. The molecule has 0 radical (unpaired) electrons. The Morgan fingerprint density at radius 2 is 1.88 bits per heavy atom. The highest BCUT2D eigenvalue weighted by molar-refractivity contribution is 5.74. The monoisotopic (exact) mass is 324 g/mol. The molecule has 0 bridgehead atoms. The van der Waals surface area contributed by atoms with Crippen molar-refractivity contribution in [2.45, 2.75) is 46.5 Å². The lowest BCUT2D eigenvalue weighted by atomic mass is 9.94. The SMILES string of the molecule is COC(=O)Cc1cccc(-c2cc(CCCC(C)C)ccc2C)c1. The first-order valence-corrected chi connectivity index (χ1v) is 8.75. The van der Waals surface area contributed by atoms with Crippen molar-refractivity contribution < 1.29 is 9.53 Å². The Kier molecular flexibility index (Phi) is 6.60. The van der Waals surface area contributed by atoms with Gasteiger partial charge in [-0.15, -0.1) is 0 Å². The topological polar surface area (TPSA) is 26.3 Å². The summed E-state index contributed by atoms with van der Waals surface area (Å²) in [5.41, 5.74) is 6.06. The number of ether oxygens (including phenoxy) is 1. The van der Waals surface area contributed by atoms with Gasteiger partial charge in [-0.1, -0.05) is 62.7 Å². The third-order valence-electron chi connectivity index (χ3n) is 4.36. The summed E-state index contributed by atoms with van der Waals surface area (Å²) in [6.45, 7) is 6.68. The predicted octanol–water partition coefficient (Wildman–Crippen LogP) is 5.36. The molecule has 0 aliphatic carbocycles. The van der Waals surface area contributed by atoms with Crippen molar-refractivity contribution in [2.75, 3.05) is 7.11 Å². The van der Waals surface area contributed by atoms with E-state index in [9.17, 15) is 4.79 Å². The van der Waals surface area contributed by atoms with Crippen LogP contribution in [0.5, 0.6) is 0 Å². The van der Waals surface area contributed by atoms with Crippen LogP contribution in [-0.2, 0) is 22.4 Å². The van der Waals surface area contributed by atoms with E-state index in [0.717, 1.165) is 17.9 Å². The lowest BCUT2D eigenvalue weighted by Gasteiger charge is -2.11. The molecule has 0 aliphatic heterocycles. The number of methoxy groups -OCH3 is 1. The van der Waals surface area contributed by atoms with Gasteiger partial charge in [0.05, 0.1) is 13.5 Å². The third-order valence-corrected chi connectivity index (χ3v) is 4.36. The van der Waals surface area contributed by atoms with E-state index in [-0.39, 0.29) is 5.97 Å². The van der Waals surface area contributed by atoms with Crippen molar-refractivity contribution in [2.24, 2.45) is 5.92 Å². The van der Waals surface area contributed by atoms with Crippen LogP contribution >= 0.6 is 0 Å². The zero-order chi connectivity index (χ0) is 17.5. The molecule has 0 aliphatic rings. The van der Waals surface area contributed by atoms with Crippen molar-refractivity contribution in [3.63, 3.8) is 0 Å². The molecule has 2 heteroatoms. The molecule has 2 nitrogen and oxygen atoms in total. The number of esters is 1. The molecule has 0 unspecified atom stereocenters. The van der Waals surface area contributed by atoms with Crippen molar-refractivity contribution in [1.82, 2.24) is 0 Å². The average Bonchev–Trinajstić information content (AvgIpc) is 2.56. The van der Waals surface area contributed by atoms with Gasteiger partial charge >= 0.3 is 5.97 Å². The fourth-order valence-corrected chi connectivity index (χ4v) is 2.94. The van der Waals surface area contributed by atoms with Gasteiger partial charge in [0.1, 0.15) is 0 Å². The molecule has 0 N–H and O–H groups in total. The van der Waals surface area contributed by atoms with E-state index in [1.807, 2.05) is 12.1 Å². The van der Waals surface area contributed by atoms with E-state index in [4.69, 9.17) is 4.74 Å². The Bertz CT molecular complexity index is 686. The number of benzene rings is 2. The first-order chi connectivity index (χ1) is 11.5. The number of carbonyl (C=O) groups excluding carboxylic acids is 1. The van der Waals surface area contributed by atoms with Crippen LogP contribution < -0.4 is 0 Å². The normalized spacial score (nSPS) is 10.9. The van der Waals surface area contributed by atoms with Crippen LogP contribution in [0.2, 0.25) is 0 Å². The second kappa shape index (κ2) is 8.68. The minimum atomic E-state index is -0.202. The molecule has 0 atom stereocenters. The zero-order valence-corrected chi connectivity index (χ0v) is 15.3. The van der Waals surface area contributed by atoms with E-state index < -0.39 is 0 Å². The molecule has 2 aromatic rings. The highest BCUT2D eigenvalue weighted by Gasteiger charge is 2.07. The van der Waals surface area contributed by atoms with Gasteiger partial charge in [0.15, 0.2) is 0 Å². The van der Waals surface area contributed by atoms with Gasteiger partial charge in [0.2, 0.25) is 0 Å². The smallest absolute Gasteiger partial charge is 0.309 e. The van der Waals surface area contributed by atoms with Crippen molar-refractivity contribution in [3.05, 3.63) is 59.2 Å². The fraction of sp³-hybridized carbons (Fsp3) is 0.409. The molecule has 0 spiro atoms. The lowest BCUT2D eigenvalue weighted by Crippen LogP contribution is -2.04. The van der Waals surface area contributed by atoms with Crippen molar-refractivity contribution in [1.29, 1.82) is 0 Å². The van der Waals surface area contributed by atoms with Crippen LogP contribution in [-0.4, -0.2) is 13.1 Å². The molecule has 24 heavy (non-hydrogen) atoms. The Morgan fingerprint density at radius 1 is 1.08 bits per heavy atom. The molecule has 2 aromatic carbocycles. The van der Waals surface area contributed by atoms with Crippen LogP contribution in [0.4, 0.5) is 0 Å². The Balaban J connectivity index is 2.21. The minimum Gasteiger partial charge on any atom is -0.469 e. The van der Waals surface area contributed by atoms with E-state index in [1.165, 1.54) is 42.2 Å². The summed E-state index contributed by atoms with van der Waals surface area (Å²) >= 11 is 0. The Labute approximate surface area is 145 Å². The second-order valence-corrected chi connectivity index (χ2v) is 6.89. The van der Waals surface area contributed by atoms with Crippen LogP contribution in [0.25, 0.3) is 11.1 Å². The number of hydrogen-bond donors (Lipinski definition) is 0. The average molecular weight is 324 g/mol. The van der Waals surface area contributed by atoms with Gasteiger partial charge in [-0.3, -0.25) is 4.79 Å². The van der Waals surface area contributed by atoms with Crippen molar-refractivity contribution in [3.8, 4) is 11.1 Å². The Morgan fingerprint density at radius 3 is 2.58 bits per heavy atom. The standard InChI is InChI=1S/C22H28O2/c1-16(2)7-5-8-18-12-11-17(3)21(14-18)20-10-6-9-19(13-20)15-22(23)24-4/h6,9-14,16H,5,7-8,15H2,1-4H3. The van der Waals surface area contributed by atoms with Gasteiger partial charge in [0, 0.05) is 0 Å². The molecule has 0 saturated carbocycles. The second-order valence-electron chi connectivity index (χ2n) is 6.89. The molecule has 0 fully saturated rings. The maximum absolute atomic E-state index is 11.5. The highest BCUT2D eigenvalue weighted by Crippen LogP contribution is 2.26. The van der Waals surface area contributed by atoms with E-state index in [2.05, 4.69) is 51.1 Å². The summed E-state index contributed by atoms with van der Waals surface area (Å²) < 4.78 is 4.77. The number of aryl methyl sites for hydroxylation is 2. The first-order valence-electron chi connectivity index (χ1n) is 8.75. The van der Waals surface area contributed by atoms with Gasteiger partial charge in [-0.05, 0) is 53.5 Å². The molecule has 2 rings (SSSR count). The third kappa shape index (κ3) is 5.23. The summed E-state index contributed by atoms with van der Waals surface area (Å²) in [7, 11) is 1.43. The molecular weight excluding hydrogens is 296 g/mol. The van der Waals surface area contributed by atoms with Gasteiger partial charge < -0.3 is 4.74 Å². The van der Waals surface area contributed by atoms with Crippen molar-refractivity contribution >= 4 is 5.97 Å². The van der Waals surface area contributed by atoms with Crippen LogP contribution in [0, 0.1) is 12.8 Å². The van der Waals surface area contributed by atoms with Gasteiger partial charge in [-0.2, -0.15) is 0 Å². The number of rotatable bonds is 7. The zero-order valence-electron chi connectivity index (χ0n) is 15.3. The number of carbonyl (C=O) groups is 1. The van der Waals surface area contributed by atoms with Crippen LogP contribution in [0.1, 0.15) is 43.4 Å². The molecule has 0 amide bonds. The minimum absolute atomic E-state index is 0.202. The largest absolute Gasteiger partial charge is 0.469 e. The summed E-state index contributed by atoms with van der Waals surface area (Å²) in [6, 6.07) is 14.9. The fourth-order valence-electron chi connectivity index (χ4n) is 2.94. The molecule has 0 aromatic heterocycles. The predicted molar refractivity (Wildman–Crippen MR) is 100 cm³/mol. The maximum atomic E-state index is 11.5.